The molecule has 0 spiro atoms. The van der Waals surface area contributed by atoms with Crippen molar-refractivity contribution in [1.29, 1.82) is 0 Å². The average Bonchev–Trinajstić information content (AvgIpc) is 2.48. The number of pyridine rings is 1. The minimum atomic E-state index is -0.831. The molecule has 0 fully saturated rings. The number of aliphatic carboxylic acids is 1. The van der Waals surface area contributed by atoms with Gasteiger partial charge in [0.2, 0.25) is 0 Å². The molecule has 0 saturated heterocycles. The van der Waals surface area contributed by atoms with E-state index in [1.165, 1.54) is 0 Å². The number of hydrogen-bond donors (Lipinski definition) is 1. The van der Waals surface area contributed by atoms with Gasteiger partial charge in [-0.2, -0.15) is 0 Å². The molecule has 4 heteroatoms. The Morgan fingerprint density at radius 1 is 1.24 bits per heavy atom. The number of benzene rings is 1. The lowest BCUT2D eigenvalue weighted by Crippen LogP contribution is -2.32. The van der Waals surface area contributed by atoms with Crippen LogP contribution in [0.1, 0.15) is 22.9 Å². The van der Waals surface area contributed by atoms with Gasteiger partial charge in [0.25, 0.3) is 0 Å². The highest BCUT2D eigenvalue weighted by Gasteiger charge is 2.24. The van der Waals surface area contributed by atoms with Crippen LogP contribution in [0.25, 0.3) is 0 Å². The number of likely N-dealkylation sites (N-methyl/N-ethyl adjacent to an activating group) is 1. The fraction of sp³-hybridized carbons (Fsp3) is 0.294. The molecule has 0 amide bonds. The first-order valence-corrected chi connectivity index (χ1v) is 6.97. The Morgan fingerprint density at radius 2 is 1.95 bits per heavy atom. The molecule has 1 aromatic heterocycles. The van der Waals surface area contributed by atoms with Crippen LogP contribution in [-0.2, 0) is 11.2 Å². The topological polar surface area (TPSA) is 53.4 Å². The summed E-state index contributed by atoms with van der Waals surface area (Å²) in [6.07, 6.45) is 2.48. The maximum absolute atomic E-state index is 11.6. The van der Waals surface area contributed by atoms with Gasteiger partial charge in [0.05, 0.1) is 0 Å². The summed E-state index contributed by atoms with van der Waals surface area (Å²) < 4.78 is 0. The smallest absolute Gasteiger partial charge is 0.325 e. The molecule has 0 saturated carbocycles. The Morgan fingerprint density at radius 3 is 2.52 bits per heavy atom. The van der Waals surface area contributed by atoms with Crippen LogP contribution >= 0.6 is 0 Å². The zero-order valence-corrected chi connectivity index (χ0v) is 12.4. The van der Waals surface area contributed by atoms with Gasteiger partial charge in [-0.15, -0.1) is 0 Å². The van der Waals surface area contributed by atoms with Crippen molar-refractivity contribution < 1.29 is 9.90 Å². The third-order valence-corrected chi connectivity index (χ3v) is 3.51. The zero-order valence-electron chi connectivity index (χ0n) is 12.4. The average molecular weight is 284 g/mol. The molecule has 4 nitrogen and oxygen atoms in total. The minimum absolute atomic E-state index is 0.630. The molecule has 1 atom stereocenters. The van der Waals surface area contributed by atoms with Crippen LogP contribution in [0.15, 0.2) is 48.7 Å². The molecule has 110 valence electrons. The molecule has 1 N–H and O–H groups in total. The fourth-order valence-corrected chi connectivity index (χ4v) is 2.30. The van der Waals surface area contributed by atoms with E-state index in [1.54, 1.807) is 6.20 Å². The van der Waals surface area contributed by atoms with E-state index in [0.717, 1.165) is 23.2 Å². The molecule has 0 aliphatic heterocycles. The van der Waals surface area contributed by atoms with Crippen LogP contribution < -0.4 is 0 Å². The van der Waals surface area contributed by atoms with Crippen LogP contribution in [0, 0.1) is 6.92 Å². The monoisotopic (exact) mass is 284 g/mol. The standard InChI is InChI=1S/C17H20N2O2/c1-13-6-8-14(9-7-13)16(17(20)21)19(2)12-10-15-5-3-4-11-18-15/h3-9,11,16H,10,12H2,1-2H3,(H,20,21)/t16-/m1/s1. The summed E-state index contributed by atoms with van der Waals surface area (Å²) in [5, 5.41) is 9.51. The van der Waals surface area contributed by atoms with Gasteiger partial charge in [-0.1, -0.05) is 35.9 Å². The second-order valence-electron chi connectivity index (χ2n) is 5.20. The summed E-state index contributed by atoms with van der Waals surface area (Å²) in [6.45, 7) is 2.63. The lowest BCUT2D eigenvalue weighted by Gasteiger charge is -2.25. The van der Waals surface area contributed by atoms with E-state index in [1.807, 2.05) is 61.3 Å². The zero-order chi connectivity index (χ0) is 15.2. The van der Waals surface area contributed by atoms with Crippen LogP contribution in [0.5, 0.6) is 0 Å². The molecule has 21 heavy (non-hydrogen) atoms. The molecule has 0 aliphatic rings. The third kappa shape index (κ3) is 4.13. The van der Waals surface area contributed by atoms with Gasteiger partial charge in [-0.05, 0) is 31.7 Å². The lowest BCUT2D eigenvalue weighted by molar-refractivity contribution is -0.143. The highest BCUT2D eigenvalue weighted by atomic mass is 16.4. The van der Waals surface area contributed by atoms with Gasteiger partial charge in [0.15, 0.2) is 0 Å². The van der Waals surface area contributed by atoms with Crippen molar-refractivity contribution in [3.8, 4) is 0 Å². The van der Waals surface area contributed by atoms with Crippen molar-refractivity contribution in [2.45, 2.75) is 19.4 Å². The maximum Gasteiger partial charge on any atom is 0.325 e. The quantitative estimate of drug-likeness (QED) is 0.886. The highest BCUT2D eigenvalue weighted by molar-refractivity contribution is 5.75. The molecule has 1 aromatic carbocycles. The van der Waals surface area contributed by atoms with E-state index in [-0.39, 0.29) is 0 Å². The second kappa shape index (κ2) is 6.99. The number of aryl methyl sites for hydroxylation is 1. The van der Waals surface area contributed by atoms with Crippen LogP contribution in [0.2, 0.25) is 0 Å². The minimum Gasteiger partial charge on any atom is -0.480 e. The van der Waals surface area contributed by atoms with Crippen molar-refractivity contribution in [3.63, 3.8) is 0 Å². The number of carbonyl (C=O) groups is 1. The van der Waals surface area contributed by atoms with E-state index in [2.05, 4.69) is 4.98 Å². The van der Waals surface area contributed by atoms with Crippen molar-refractivity contribution in [2.24, 2.45) is 0 Å². The maximum atomic E-state index is 11.6. The Kier molecular flexibility index (Phi) is 5.06. The number of carboxylic acid groups (broad SMARTS) is 1. The molecule has 0 radical (unpaired) electrons. The first-order valence-electron chi connectivity index (χ1n) is 6.97. The van der Waals surface area contributed by atoms with Crippen LogP contribution in [0.3, 0.4) is 0 Å². The van der Waals surface area contributed by atoms with E-state index in [4.69, 9.17) is 0 Å². The lowest BCUT2D eigenvalue weighted by atomic mass is 10.0. The molecule has 0 aliphatic carbocycles. The van der Waals surface area contributed by atoms with E-state index in [0.29, 0.717) is 6.54 Å². The number of nitrogens with zero attached hydrogens (tertiary/aromatic N) is 2. The molecule has 2 rings (SSSR count). The van der Waals surface area contributed by atoms with Gasteiger partial charge < -0.3 is 5.11 Å². The fourth-order valence-electron chi connectivity index (χ4n) is 2.30. The van der Waals surface area contributed by atoms with Gasteiger partial charge in [0, 0.05) is 24.9 Å². The molecular formula is C17H20N2O2. The first-order chi connectivity index (χ1) is 10.1. The summed E-state index contributed by atoms with van der Waals surface area (Å²) in [7, 11) is 1.83. The summed E-state index contributed by atoms with van der Waals surface area (Å²) in [5.74, 6) is -0.831. The number of hydrogen-bond acceptors (Lipinski definition) is 3. The highest BCUT2D eigenvalue weighted by Crippen LogP contribution is 2.20. The summed E-state index contributed by atoms with van der Waals surface area (Å²) in [5.41, 5.74) is 2.90. The van der Waals surface area contributed by atoms with Gasteiger partial charge in [-0.25, -0.2) is 0 Å². The van der Waals surface area contributed by atoms with E-state index < -0.39 is 12.0 Å². The van der Waals surface area contributed by atoms with Crippen molar-refractivity contribution in [3.05, 3.63) is 65.5 Å². The van der Waals surface area contributed by atoms with Crippen molar-refractivity contribution >= 4 is 5.97 Å². The number of aromatic nitrogens is 1. The largest absolute Gasteiger partial charge is 0.480 e. The first kappa shape index (κ1) is 15.2. The van der Waals surface area contributed by atoms with Crippen LogP contribution in [-0.4, -0.2) is 34.6 Å². The van der Waals surface area contributed by atoms with Gasteiger partial charge in [0.1, 0.15) is 6.04 Å². The van der Waals surface area contributed by atoms with Crippen molar-refractivity contribution in [1.82, 2.24) is 9.88 Å². The predicted octanol–water partition coefficient (Wildman–Crippen LogP) is 2.69. The second-order valence-corrected chi connectivity index (χ2v) is 5.20. The molecule has 0 unspecified atom stereocenters. The van der Waals surface area contributed by atoms with Gasteiger partial charge in [-0.3, -0.25) is 14.7 Å². The number of rotatable bonds is 6. The SMILES string of the molecule is Cc1ccc([C@H](C(=O)O)N(C)CCc2ccccn2)cc1. The Labute approximate surface area is 125 Å². The third-order valence-electron chi connectivity index (χ3n) is 3.51. The summed E-state index contributed by atoms with van der Waals surface area (Å²) in [6, 6.07) is 12.8. The molecule has 0 bridgehead atoms. The van der Waals surface area contributed by atoms with E-state index in [9.17, 15) is 9.90 Å². The Hall–Kier alpha value is -2.20. The molecule has 1 heterocycles. The molecule has 2 aromatic rings. The predicted molar refractivity (Wildman–Crippen MR) is 82.1 cm³/mol. The Balaban J connectivity index is 2.07. The summed E-state index contributed by atoms with van der Waals surface area (Å²) in [4.78, 5) is 17.7. The van der Waals surface area contributed by atoms with Gasteiger partial charge >= 0.3 is 5.97 Å². The Bertz CT molecular complexity index is 581. The van der Waals surface area contributed by atoms with Crippen LogP contribution in [0.4, 0.5) is 0 Å². The molecular weight excluding hydrogens is 264 g/mol. The van der Waals surface area contributed by atoms with E-state index >= 15 is 0 Å². The summed E-state index contributed by atoms with van der Waals surface area (Å²) >= 11 is 0. The van der Waals surface area contributed by atoms with Crippen molar-refractivity contribution in [2.75, 3.05) is 13.6 Å². The number of carboxylic acids is 1. The normalized spacial score (nSPS) is 12.3.